The highest BCUT2D eigenvalue weighted by Gasteiger charge is 2.67. The molecule has 0 spiro atoms. The Morgan fingerprint density at radius 1 is 1.00 bits per heavy atom. The lowest BCUT2D eigenvalue weighted by Gasteiger charge is -2.27. The zero-order chi connectivity index (χ0) is 24.7. The Kier molecular flexibility index (Phi) is 9.26. The van der Waals surface area contributed by atoms with E-state index in [9.17, 15) is 44.8 Å². The number of alkyl halides is 5. The molecular weight excluding hydrogens is 471 g/mol. The average Bonchev–Trinajstić information content (AvgIpc) is 2.72. The van der Waals surface area contributed by atoms with Crippen LogP contribution in [0.1, 0.15) is 30.6 Å². The van der Waals surface area contributed by atoms with Crippen LogP contribution in [0, 0.1) is 5.92 Å². The summed E-state index contributed by atoms with van der Waals surface area (Å²) >= 11 is 0. The van der Waals surface area contributed by atoms with Gasteiger partial charge in [-0.3, -0.25) is 13.8 Å². The fourth-order valence-corrected chi connectivity index (χ4v) is 2.84. The van der Waals surface area contributed by atoms with E-state index in [4.69, 9.17) is 0 Å². The molecule has 180 valence electrons. The van der Waals surface area contributed by atoms with Gasteiger partial charge < -0.3 is 9.47 Å². The summed E-state index contributed by atoms with van der Waals surface area (Å²) in [5, 5.41) is -5.82. The molecular formula is C18H19F5O8S. The number of benzene rings is 1. The first kappa shape index (κ1) is 27.4. The molecule has 0 heterocycles. The third kappa shape index (κ3) is 7.22. The van der Waals surface area contributed by atoms with E-state index in [1.54, 1.807) is 6.92 Å². The Labute approximate surface area is 179 Å². The molecule has 2 unspecified atom stereocenters. The van der Waals surface area contributed by atoms with Crippen molar-refractivity contribution in [3.8, 4) is 0 Å². The molecule has 0 aliphatic heterocycles. The third-order valence-corrected chi connectivity index (χ3v) is 5.28. The van der Waals surface area contributed by atoms with Crippen molar-refractivity contribution < 1.29 is 58.4 Å². The van der Waals surface area contributed by atoms with E-state index in [0.29, 0.717) is 0 Å². The molecule has 0 saturated heterocycles. The highest BCUT2D eigenvalue weighted by Crippen LogP contribution is 2.39. The van der Waals surface area contributed by atoms with Crippen molar-refractivity contribution in [3.05, 3.63) is 35.9 Å². The van der Waals surface area contributed by atoms with Crippen LogP contribution in [0.4, 0.5) is 22.0 Å². The number of carbonyl (C=O) groups excluding carboxylic acids is 3. The molecule has 2 atom stereocenters. The number of hydrogen-bond acceptors (Lipinski definition) is 8. The largest absolute Gasteiger partial charge is 0.453 e. The van der Waals surface area contributed by atoms with Gasteiger partial charge in [-0.1, -0.05) is 44.2 Å². The van der Waals surface area contributed by atoms with Crippen molar-refractivity contribution in [1.82, 2.24) is 0 Å². The molecule has 1 aromatic rings. The fraction of sp³-hybridized carbons (Fsp3) is 0.500. The monoisotopic (exact) mass is 490 g/mol. The molecule has 8 nitrogen and oxygen atoms in total. The number of ether oxygens (including phenoxy) is 2. The molecule has 0 radical (unpaired) electrons. The molecule has 0 aliphatic rings. The van der Waals surface area contributed by atoms with Gasteiger partial charge in [0.1, 0.15) is 6.61 Å². The van der Waals surface area contributed by atoms with Crippen molar-refractivity contribution in [2.75, 3.05) is 13.2 Å². The number of Topliss-reactive ketones (excluding diaryl/α,β-unsaturated/α-hetero) is 1. The summed E-state index contributed by atoms with van der Waals surface area (Å²) < 4.78 is 103. The van der Waals surface area contributed by atoms with E-state index in [1.807, 2.05) is 0 Å². The molecule has 0 amide bonds. The van der Waals surface area contributed by atoms with Gasteiger partial charge >= 0.3 is 33.5 Å². The Bertz CT molecular complexity index is 915. The van der Waals surface area contributed by atoms with Gasteiger partial charge in [0.2, 0.25) is 0 Å². The number of rotatable bonds is 11. The van der Waals surface area contributed by atoms with E-state index >= 15 is 0 Å². The van der Waals surface area contributed by atoms with Crippen molar-refractivity contribution in [1.29, 1.82) is 0 Å². The minimum Gasteiger partial charge on any atom is -0.453 e. The molecule has 14 heteroatoms. The second kappa shape index (κ2) is 10.8. The zero-order valence-electron chi connectivity index (χ0n) is 16.7. The van der Waals surface area contributed by atoms with Crippen molar-refractivity contribution in [3.63, 3.8) is 0 Å². The highest BCUT2D eigenvalue weighted by molar-refractivity contribution is 7.87. The Hall–Kier alpha value is -2.61. The van der Waals surface area contributed by atoms with Gasteiger partial charge in [-0.15, -0.1) is 0 Å². The lowest BCUT2D eigenvalue weighted by Crippen LogP contribution is -2.53. The minimum absolute atomic E-state index is 0.145. The molecule has 32 heavy (non-hydrogen) atoms. The number of halogens is 5. The topological polar surface area (TPSA) is 113 Å². The highest BCUT2D eigenvalue weighted by atomic mass is 32.2. The summed E-state index contributed by atoms with van der Waals surface area (Å²) in [7, 11) is -6.40. The average molecular weight is 490 g/mol. The third-order valence-electron chi connectivity index (χ3n) is 3.97. The maximum Gasteiger partial charge on any atom is 0.432 e. The van der Waals surface area contributed by atoms with E-state index in [1.165, 1.54) is 37.3 Å². The minimum atomic E-state index is -6.40. The van der Waals surface area contributed by atoms with Crippen molar-refractivity contribution >= 4 is 27.8 Å². The Morgan fingerprint density at radius 2 is 1.56 bits per heavy atom. The van der Waals surface area contributed by atoms with E-state index in [-0.39, 0.29) is 12.0 Å². The smallest absolute Gasteiger partial charge is 0.432 e. The first-order chi connectivity index (χ1) is 14.6. The van der Waals surface area contributed by atoms with Crippen molar-refractivity contribution in [2.24, 2.45) is 5.92 Å². The van der Waals surface area contributed by atoms with Crippen molar-refractivity contribution in [2.45, 2.75) is 37.8 Å². The van der Waals surface area contributed by atoms with Gasteiger partial charge in [0.15, 0.2) is 12.4 Å². The van der Waals surface area contributed by atoms with Crippen LogP contribution in [-0.2, 0) is 33.4 Å². The molecule has 0 N–H and O–H groups in total. The molecule has 0 fully saturated rings. The number of carbonyl (C=O) groups is 3. The molecule has 1 aromatic carbocycles. The maximum absolute atomic E-state index is 14.2. The van der Waals surface area contributed by atoms with Gasteiger partial charge in [0, 0.05) is 5.56 Å². The Morgan fingerprint density at radius 3 is 2.06 bits per heavy atom. The van der Waals surface area contributed by atoms with E-state index in [2.05, 4.69) is 13.7 Å². The summed E-state index contributed by atoms with van der Waals surface area (Å²) in [6, 6.07) is 6.60. The second-order valence-corrected chi connectivity index (χ2v) is 8.08. The molecule has 0 saturated carbocycles. The lowest BCUT2D eigenvalue weighted by molar-refractivity contribution is -0.260. The molecule has 1 rings (SSSR count). The van der Waals surface area contributed by atoms with Gasteiger partial charge in [0.25, 0.3) is 6.10 Å². The number of ketones is 1. The predicted octanol–water partition coefficient (Wildman–Crippen LogP) is 2.87. The van der Waals surface area contributed by atoms with E-state index < -0.39 is 64.5 Å². The van der Waals surface area contributed by atoms with Crippen LogP contribution in [0.3, 0.4) is 0 Å². The second-order valence-electron chi connectivity index (χ2n) is 6.40. The molecule has 0 aromatic heterocycles. The summed E-state index contributed by atoms with van der Waals surface area (Å²) in [5.41, 5.74) is -0.145. The Balaban J connectivity index is 2.95. The van der Waals surface area contributed by atoms with Crippen LogP contribution in [0.2, 0.25) is 0 Å². The van der Waals surface area contributed by atoms with Crippen LogP contribution < -0.4 is 0 Å². The first-order valence-corrected chi connectivity index (χ1v) is 10.3. The van der Waals surface area contributed by atoms with Gasteiger partial charge in [0.05, 0.1) is 5.92 Å². The van der Waals surface area contributed by atoms with Gasteiger partial charge in [-0.05, 0) is 6.42 Å². The summed E-state index contributed by atoms with van der Waals surface area (Å²) in [6.07, 6.45) is -10.3. The van der Waals surface area contributed by atoms with Gasteiger partial charge in [-0.25, -0.2) is 4.79 Å². The quantitative estimate of drug-likeness (QED) is 0.201. The zero-order valence-corrected chi connectivity index (χ0v) is 17.5. The van der Waals surface area contributed by atoms with E-state index in [0.717, 1.165) is 0 Å². The predicted molar refractivity (Wildman–Crippen MR) is 96.9 cm³/mol. The maximum atomic E-state index is 14.2. The number of esters is 2. The normalized spacial score (nSPS) is 14.3. The standard InChI is InChI=1S/C18H19F5O8S/c1-3-11(2)15(26)29-10-14(25)31-16(17(19,20)21)18(22,23)32(27,28)30-9-13(24)12-7-5-4-6-8-12/h4-8,11,16H,3,9-10H2,1-2H3. The SMILES string of the molecule is CCC(C)C(=O)OCC(=O)OC(C(F)(F)F)C(F)(F)S(=O)(=O)OCC(=O)c1ccccc1. The lowest BCUT2D eigenvalue weighted by atomic mass is 10.1. The van der Waals surface area contributed by atoms with Crippen LogP contribution in [0.5, 0.6) is 0 Å². The van der Waals surface area contributed by atoms with Crippen LogP contribution in [0.15, 0.2) is 30.3 Å². The van der Waals surface area contributed by atoms with Gasteiger partial charge in [-0.2, -0.15) is 30.4 Å². The molecule has 0 bridgehead atoms. The number of hydrogen-bond donors (Lipinski definition) is 0. The summed E-state index contributed by atoms with van der Waals surface area (Å²) in [4.78, 5) is 34.8. The van der Waals surface area contributed by atoms with Crippen LogP contribution in [-0.4, -0.2) is 56.9 Å². The summed E-state index contributed by atoms with van der Waals surface area (Å²) in [5.74, 6) is -4.92. The van der Waals surface area contributed by atoms with Crippen LogP contribution >= 0.6 is 0 Å². The first-order valence-electron chi connectivity index (χ1n) is 8.91. The molecule has 0 aliphatic carbocycles. The summed E-state index contributed by atoms with van der Waals surface area (Å²) in [6.45, 7) is -0.0366. The fourth-order valence-electron chi connectivity index (χ4n) is 1.98. The van der Waals surface area contributed by atoms with Crippen LogP contribution in [0.25, 0.3) is 0 Å².